The maximum absolute atomic E-state index is 11.2. The van der Waals surface area contributed by atoms with Crippen molar-refractivity contribution in [2.24, 2.45) is 17.8 Å². The second-order valence-corrected chi connectivity index (χ2v) is 7.67. The van der Waals surface area contributed by atoms with E-state index in [1.807, 2.05) is 13.0 Å². The Morgan fingerprint density at radius 1 is 1.10 bits per heavy atom. The van der Waals surface area contributed by atoms with Crippen molar-refractivity contribution in [3.63, 3.8) is 0 Å². The molecule has 4 saturated carbocycles. The van der Waals surface area contributed by atoms with E-state index >= 15 is 0 Å². The van der Waals surface area contributed by atoms with Crippen molar-refractivity contribution in [3.8, 4) is 5.75 Å². The molecule has 111 valence electrons. The maximum atomic E-state index is 11.2. The van der Waals surface area contributed by atoms with Crippen LogP contribution in [0.1, 0.15) is 55.2 Å². The fourth-order valence-electron chi connectivity index (χ4n) is 5.82. The number of methoxy groups -OCH3 is 1. The third-order valence-corrected chi connectivity index (χ3v) is 6.27. The second-order valence-electron chi connectivity index (χ2n) is 7.67. The summed E-state index contributed by atoms with van der Waals surface area (Å²) >= 11 is 0. The Hall–Kier alpha value is -1.31. The maximum Gasteiger partial charge on any atom is 0.233 e. The Morgan fingerprint density at radius 2 is 1.67 bits per heavy atom. The Labute approximate surface area is 126 Å². The second kappa shape index (κ2) is 4.59. The number of hydrogen-bond acceptors (Lipinski definition) is 2. The highest BCUT2D eigenvalue weighted by atomic mass is 16.5. The zero-order chi connectivity index (χ0) is 14.6. The van der Waals surface area contributed by atoms with E-state index < -0.39 is 0 Å². The number of ether oxygens (including phenoxy) is 1. The van der Waals surface area contributed by atoms with Crippen LogP contribution in [0.5, 0.6) is 5.75 Å². The first-order chi connectivity index (χ1) is 10.1. The molecule has 4 fully saturated rings. The molecule has 1 aromatic rings. The normalized spacial score (nSPS) is 36.8. The van der Waals surface area contributed by atoms with Gasteiger partial charge in [0.05, 0.1) is 7.11 Å². The molecule has 2 nitrogen and oxygen atoms in total. The summed E-state index contributed by atoms with van der Waals surface area (Å²) in [5.41, 5.74) is 3.23. The lowest BCUT2D eigenvalue weighted by Gasteiger charge is -2.57. The van der Waals surface area contributed by atoms with Crippen LogP contribution in [0.15, 0.2) is 12.1 Å². The molecule has 0 spiro atoms. The van der Waals surface area contributed by atoms with Crippen molar-refractivity contribution < 1.29 is 9.53 Å². The quantitative estimate of drug-likeness (QED) is 0.840. The zero-order valence-electron chi connectivity index (χ0n) is 12.9. The minimum atomic E-state index is 0.263. The summed E-state index contributed by atoms with van der Waals surface area (Å²) in [5.74, 6) is 3.66. The van der Waals surface area contributed by atoms with E-state index in [4.69, 9.17) is 4.74 Å². The molecule has 0 atom stereocenters. The largest absolute Gasteiger partial charge is 0.496 e. The molecule has 4 aliphatic carbocycles. The van der Waals surface area contributed by atoms with Gasteiger partial charge in [0, 0.05) is 11.1 Å². The monoisotopic (exact) mass is 283 g/mol. The van der Waals surface area contributed by atoms with Crippen molar-refractivity contribution in [3.05, 3.63) is 28.8 Å². The summed E-state index contributed by atoms with van der Waals surface area (Å²) in [6, 6.07) is 4.11. The van der Waals surface area contributed by atoms with Gasteiger partial charge in [-0.15, -0.1) is 0 Å². The van der Waals surface area contributed by atoms with Gasteiger partial charge in [-0.1, -0.05) is 0 Å². The van der Waals surface area contributed by atoms with Crippen LogP contribution < -0.4 is 4.74 Å². The van der Waals surface area contributed by atoms with Crippen LogP contribution in [-0.2, 0) is 10.2 Å². The van der Waals surface area contributed by atoms with Gasteiger partial charge in [0.25, 0.3) is 0 Å². The van der Waals surface area contributed by atoms with Crippen LogP contribution in [0.4, 0.5) is 0 Å². The van der Waals surface area contributed by atoms with E-state index in [2.05, 4.69) is 12.4 Å². The first-order valence-corrected chi connectivity index (χ1v) is 8.21. The average molecular weight is 283 g/mol. The molecule has 4 bridgehead atoms. The van der Waals surface area contributed by atoms with Gasteiger partial charge in [-0.05, 0) is 86.3 Å². The van der Waals surface area contributed by atoms with Crippen molar-refractivity contribution in [2.75, 3.05) is 7.11 Å². The molecule has 1 aromatic carbocycles. The van der Waals surface area contributed by atoms with Gasteiger partial charge in [-0.3, -0.25) is 4.79 Å². The number of aryl methyl sites for hydroxylation is 1. The summed E-state index contributed by atoms with van der Waals surface area (Å²) in [4.78, 5) is 11.2. The van der Waals surface area contributed by atoms with Crippen molar-refractivity contribution in [1.29, 1.82) is 0 Å². The summed E-state index contributed by atoms with van der Waals surface area (Å²) < 4.78 is 5.69. The summed E-state index contributed by atoms with van der Waals surface area (Å²) in [7, 11) is 1.75. The number of carbonyl (C=O) groups excluding carboxylic acids is 1. The van der Waals surface area contributed by atoms with Crippen LogP contribution in [0, 0.1) is 24.7 Å². The van der Waals surface area contributed by atoms with Gasteiger partial charge in [-0.2, -0.15) is 0 Å². The third kappa shape index (κ3) is 1.95. The molecule has 0 aliphatic heterocycles. The molecule has 2 heteroatoms. The topological polar surface area (TPSA) is 26.3 Å². The zero-order valence-corrected chi connectivity index (χ0v) is 12.9. The van der Waals surface area contributed by atoms with E-state index in [1.165, 1.54) is 44.1 Å². The third-order valence-electron chi connectivity index (χ3n) is 6.27. The smallest absolute Gasteiger partial charge is 0.233 e. The SMILES string of the molecule is COc1cc(C)c([C]=O)cc1C12CC3CC(CC(C3)C1)C2. The van der Waals surface area contributed by atoms with Gasteiger partial charge >= 0.3 is 0 Å². The van der Waals surface area contributed by atoms with Gasteiger partial charge < -0.3 is 4.74 Å². The van der Waals surface area contributed by atoms with Crippen LogP contribution in [-0.4, -0.2) is 13.4 Å². The molecular formula is C19H23O2. The lowest BCUT2D eigenvalue weighted by molar-refractivity contribution is -0.00616. The Bertz CT molecular complexity index is 552. The van der Waals surface area contributed by atoms with Crippen molar-refractivity contribution in [2.45, 2.75) is 50.9 Å². The lowest BCUT2D eigenvalue weighted by atomic mass is 9.48. The van der Waals surface area contributed by atoms with Crippen LogP contribution in [0.3, 0.4) is 0 Å². The standard InChI is InChI=1S/C19H23O2/c1-12-3-18(21-2)17(7-16(12)11-20)19-8-13-4-14(9-19)6-15(5-13)10-19/h3,7,13-15H,4-6,8-10H2,1-2H3. The number of rotatable bonds is 3. The molecule has 0 unspecified atom stereocenters. The molecule has 0 N–H and O–H groups in total. The van der Waals surface area contributed by atoms with Gasteiger partial charge in [0.2, 0.25) is 6.29 Å². The summed E-state index contributed by atoms with van der Waals surface area (Å²) in [6.45, 7) is 1.96. The Morgan fingerprint density at radius 3 is 2.14 bits per heavy atom. The Kier molecular flexibility index (Phi) is 2.92. The minimum Gasteiger partial charge on any atom is -0.496 e. The highest BCUT2D eigenvalue weighted by Crippen LogP contribution is 2.61. The molecule has 0 heterocycles. The van der Waals surface area contributed by atoms with E-state index in [-0.39, 0.29) is 5.41 Å². The average Bonchev–Trinajstić information content (AvgIpc) is 2.45. The predicted octanol–water partition coefficient (Wildman–Crippen LogP) is 3.93. The molecule has 5 rings (SSSR count). The first-order valence-electron chi connectivity index (χ1n) is 8.21. The predicted molar refractivity (Wildman–Crippen MR) is 82.4 cm³/mol. The minimum absolute atomic E-state index is 0.263. The molecule has 0 saturated heterocycles. The Balaban J connectivity index is 1.84. The molecule has 4 aliphatic rings. The molecular weight excluding hydrogens is 260 g/mol. The van der Waals surface area contributed by atoms with Crippen LogP contribution in [0.2, 0.25) is 0 Å². The van der Waals surface area contributed by atoms with Crippen LogP contribution in [0.25, 0.3) is 0 Å². The van der Waals surface area contributed by atoms with Crippen molar-refractivity contribution >= 4 is 6.29 Å². The fraction of sp³-hybridized carbons (Fsp3) is 0.632. The molecule has 21 heavy (non-hydrogen) atoms. The van der Waals surface area contributed by atoms with Crippen LogP contribution >= 0.6 is 0 Å². The first kappa shape index (κ1) is 13.4. The van der Waals surface area contributed by atoms with Gasteiger partial charge in [0.1, 0.15) is 5.75 Å². The van der Waals surface area contributed by atoms with Gasteiger partial charge in [-0.25, -0.2) is 0 Å². The van der Waals surface area contributed by atoms with Crippen molar-refractivity contribution in [1.82, 2.24) is 0 Å². The summed E-state index contributed by atoms with van der Waals surface area (Å²) in [5, 5.41) is 0. The number of hydrogen-bond donors (Lipinski definition) is 0. The van der Waals surface area contributed by atoms with E-state index in [9.17, 15) is 4.79 Å². The lowest BCUT2D eigenvalue weighted by Crippen LogP contribution is -2.48. The highest BCUT2D eigenvalue weighted by molar-refractivity contribution is 5.79. The van der Waals surface area contributed by atoms with E-state index in [1.54, 1.807) is 7.11 Å². The molecule has 0 amide bonds. The fourth-order valence-corrected chi connectivity index (χ4v) is 5.82. The van der Waals surface area contributed by atoms with Gasteiger partial charge in [0.15, 0.2) is 0 Å². The molecule has 1 radical (unpaired) electrons. The number of benzene rings is 1. The highest BCUT2D eigenvalue weighted by Gasteiger charge is 2.52. The molecule has 0 aromatic heterocycles. The summed E-state index contributed by atoms with van der Waals surface area (Å²) in [6.07, 6.45) is 10.3. The van der Waals surface area contributed by atoms with E-state index in [0.29, 0.717) is 5.56 Å². The van der Waals surface area contributed by atoms with E-state index in [0.717, 1.165) is 29.1 Å².